The zero-order valence-electron chi connectivity index (χ0n) is 13.3. The second-order valence-electron chi connectivity index (χ2n) is 5.26. The Balaban J connectivity index is 2.43. The van der Waals surface area contributed by atoms with Crippen LogP contribution in [0.5, 0.6) is 0 Å². The first-order valence-electron chi connectivity index (χ1n) is 7.70. The molecule has 4 heteroatoms. The lowest BCUT2D eigenvalue weighted by atomic mass is 9.98. The molecule has 0 aromatic heterocycles. The Hall–Kier alpha value is -1.06. The molecule has 0 aliphatic rings. The third kappa shape index (κ3) is 6.06. The molecule has 0 bridgehead atoms. The average Bonchev–Trinajstić information content (AvgIpc) is 2.47. The van der Waals surface area contributed by atoms with Gasteiger partial charge in [-0.1, -0.05) is 50.4 Å². The van der Waals surface area contributed by atoms with Crippen molar-refractivity contribution in [2.45, 2.75) is 46.5 Å². The van der Waals surface area contributed by atoms with Gasteiger partial charge in [0.1, 0.15) is 6.73 Å². The van der Waals surface area contributed by atoms with E-state index in [1.807, 2.05) is 18.2 Å². The van der Waals surface area contributed by atoms with Gasteiger partial charge in [0, 0.05) is 13.5 Å². The molecule has 118 valence electrons. The van der Waals surface area contributed by atoms with Crippen LogP contribution >= 0.6 is 11.6 Å². The van der Waals surface area contributed by atoms with E-state index in [1.165, 1.54) is 26.2 Å². The molecule has 3 nitrogen and oxygen atoms in total. The molecule has 21 heavy (non-hydrogen) atoms. The van der Waals surface area contributed by atoms with E-state index in [0.29, 0.717) is 17.3 Å². The Kier molecular flexibility index (Phi) is 8.40. The summed E-state index contributed by atoms with van der Waals surface area (Å²) in [6.07, 6.45) is 4.64. The predicted molar refractivity (Wildman–Crippen MR) is 88.7 cm³/mol. The normalized spacial score (nSPS) is 10.9. The SMILES string of the molecule is CCC(CC)CCCOCN(C(C)=O)c1ccccc1Cl. The van der Waals surface area contributed by atoms with Crippen LogP contribution in [0.1, 0.15) is 46.5 Å². The number of amides is 1. The molecule has 1 aromatic carbocycles. The van der Waals surface area contributed by atoms with Crippen LogP contribution in [-0.2, 0) is 9.53 Å². The first-order valence-corrected chi connectivity index (χ1v) is 8.08. The van der Waals surface area contributed by atoms with Gasteiger partial charge in [0.25, 0.3) is 0 Å². The van der Waals surface area contributed by atoms with Gasteiger partial charge in [0.15, 0.2) is 0 Å². The molecule has 0 saturated heterocycles. The number of benzene rings is 1. The van der Waals surface area contributed by atoms with E-state index in [9.17, 15) is 4.79 Å². The molecular weight excluding hydrogens is 286 g/mol. The van der Waals surface area contributed by atoms with E-state index in [2.05, 4.69) is 13.8 Å². The van der Waals surface area contributed by atoms with E-state index in [-0.39, 0.29) is 12.6 Å². The molecule has 0 saturated carbocycles. The van der Waals surface area contributed by atoms with Gasteiger partial charge < -0.3 is 4.74 Å². The summed E-state index contributed by atoms with van der Waals surface area (Å²) >= 11 is 6.13. The topological polar surface area (TPSA) is 29.5 Å². The Bertz CT molecular complexity index is 433. The molecule has 1 aromatic rings. The average molecular weight is 312 g/mol. The largest absolute Gasteiger partial charge is 0.361 e. The molecule has 0 N–H and O–H groups in total. The summed E-state index contributed by atoms with van der Waals surface area (Å²) in [7, 11) is 0. The summed E-state index contributed by atoms with van der Waals surface area (Å²) < 4.78 is 5.65. The molecule has 0 radical (unpaired) electrons. The van der Waals surface area contributed by atoms with E-state index < -0.39 is 0 Å². The highest BCUT2D eigenvalue weighted by atomic mass is 35.5. The number of nitrogens with zero attached hydrogens (tertiary/aromatic N) is 1. The quantitative estimate of drug-likeness (QED) is 0.480. The lowest BCUT2D eigenvalue weighted by Crippen LogP contribution is -2.31. The number of hydrogen-bond donors (Lipinski definition) is 0. The lowest BCUT2D eigenvalue weighted by Gasteiger charge is -2.22. The van der Waals surface area contributed by atoms with Crippen molar-refractivity contribution in [1.82, 2.24) is 0 Å². The minimum atomic E-state index is -0.0666. The van der Waals surface area contributed by atoms with E-state index in [0.717, 1.165) is 12.3 Å². The Morgan fingerprint density at radius 1 is 1.29 bits per heavy atom. The Labute approximate surface area is 133 Å². The van der Waals surface area contributed by atoms with Crippen LogP contribution in [0.15, 0.2) is 24.3 Å². The van der Waals surface area contributed by atoms with Gasteiger partial charge in [-0.2, -0.15) is 0 Å². The van der Waals surface area contributed by atoms with Crippen LogP contribution in [0.25, 0.3) is 0 Å². The van der Waals surface area contributed by atoms with Crippen molar-refractivity contribution in [3.05, 3.63) is 29.3 Å². The second-order valence-corrected chi connectivity index (χ2v) is 5.67. The monoisotopic (exact) mass is 311 g/mol. The first-order chi connectivity index (χ1) is 10.1. The Morgan fingerprint density at radius 3 is 2.52 bits per heavy atom. The van der Waals surface area contributed by atoms with Crippen molar-refractivity contribution in [2.75, 3.05) is 18.2 Å². The lowest BCUT2D eigenvalue weighted by molar-refractivity contribution is -0.117. The maximum atomic E-state index is 11.7. The van der Waals surface area contributed by atoms with Gasteiger partial charge >= 0.3 is 0 Å². The van der Waals surface area contributed by atoms with Crippen molar-refractivity contribution in [2.24, 2.45) is 5.92 Å². The number of carbonyl (C=O) groups is 1. The minimum Gasteiger partial charge on any atom is -0.361 e. The van der Waals surface area contributed by atoms with Crippen molar-refractivity contribution in [1.29, 1.82) is 0 Å². The van der Waals surface area contributed by atoms with Crippen LogP contribution in [-0.4, -0.2) is 19.2 Å². The van der Waals surface area contributed by atoms with E-state index in [4.69, 9.17) is 16.3 Å². The number of rotatable bonds is 9. The van der Waals surface area contributed by atoms with Gasteiger partial charge in [-0.3, -0.25) is 9.69 Å². The molecule has 1 rings (SSSR count). The molecule has 0 fully saturated rings. The minimum absolute atomic E-state index is 0.0666. The summed E-state index contributed by atoms with van der Waals surface area (Å²) in [5.41, 5.74) is 0.701. The zero-order valence-corrected chi connectivity index (χ0v) is 14.0. The van der Waals surface area contributed by atoms with Crippen LogP contribution in [0.4, 0.5) is 5.69 Å². The number of para-hydroxylation sites is 1. The van der Waals surface area contributed by atoms with Gasteiger partial charge in [-0.25, -0.2) is 0 Å². The summed E-state index contributed by atoms with van der Waals surface area (Å²) in [5, 5.41) is 0.563. The van der Waals surface area contributed by atoms with Gasteiger partial charge in [0.05, 0.1) is 10.7 Å². The molecule has 0 heterocycles. The van der Waals surface area contributed by atoms with Crippen molar-refractivity contribution < 1.29 is 9.53 Å². The van der Waals surface area contributed by atoms with Crippen molar-refractivity contribution in [3.8, 4) is 0 Å². The highest BCUT2D eigenvalue weighted by molar-refractivity contribution is 6.33. The smallest absolute Gasteiger partial charge is 0.225 e. The molecule has 1 amide bonds. The van der Waals surface area contributed by atoms with Crippen LogP contribution in [0.2, 0.25) is 5.02 Å². The Morgan fingerprint density at radius 2 is 1.95 bits per heavy atom. The number of halogens is 1. The molecular formula is C17H26ClNO2. The first kappa shape index (κ1) is 18.0. The summed E-state index contributed by atoms with van der Waals surface area (Å²) in [4.78, 5) is 13.3. The van der Waals surface area contributed by atoms with Crippen LogP contribution in [0.3, 0.4) is 0 Å². The second kappa shape index (κ2) is 9.80. The summed E-state index contributed by atoms with van der Waals surface area (Å²) in [5.74, 6) is 0.712. The fourth-order valence-corrected chi connectivity index (χ4v) is 2.57. The van der Waals surface area contributed by atoms with Gasteiger partial charge in [-0.15, -0.1) is 0 Å². The van der Waals surface area contributed by atoms with Crippen LogP contribution < -0.4 is 4.90 Å². The number of anilines is 1. The molecule has 0 aliphatic heterocycles. The van der Waals surface area contributed by atoms with Crippen LogP contribution in [0, 0.1) is 5.92 Å². The molecule has 0 unspecified atom stereocenters. The third-order valence-electron chi connectivity index (χ3n) is 3.80. The zero-order chi connectivity index (χ0) is 15.7. The van der Waals surface area contributed by atoms with Gasteiger partial charge in [0.2, 0.25) is 5.91 Å². The molecule has 0 aliphatic carbocycles. The standard InChI is InChI=1S/C17H26ClNO2/c1-4-15(5-2)9-8-12-21-13-19(14(3)20)17-11-7-6-10-16(17)18/h6-7,10-11,15H,4-5,8-9,12-13H2,1-3H3. The number of ether oxygens (including phenoxy) is 1. The maximum Gasteiger partial charge on any atom is 0.225 e. The van der Waals surface area contributed by atoms with E-state index >= 15 is 0 Å². The summed E-state index contributed by atoms with van der Waals surface area (Å²) in [6.45, 7) is 6.90. The van der Waals surface area contributed by atoms with Gasteiger partial charge in [-0.05, 0) is 30.9 Å². The van der Waals surface area contributed by atoms with E-state index in [1.54, 1.807) is 11.0 Å². The van der Waals surface area contributed by atoms with Crippen molar-refractivity contribution >= 4 is 23.2 Å². The highest BCUT2D eigenvalue weighted by Crippen LogP contribution is 2.25. The predicted octanol–water partition coefficient (Wildman–Crippen LogP) is 4.88. The maximum absolute atomic E-state index is 11.7. The fraction of sp³-hybridized carbons (Fsp3) is 0.588. The molecule has 0 spiro atoms. The highest BCUT2D eigenvalue weighted by Gasteiger charge is 2.14. The summed E-state index contributed by atoms with van der Waals surface area (Å²) in [6, 6.07) is 7.32. The third-order valence-corrected chi connectivity index (χ3v) is 4.12. The number of carbonyl (C=O) groups excluding carboxylic acids is 1. The molecule has 0 atom stereocenters. The number of hydrogen-bond acceptors (Lipinski definition) is 2. The van der Waals surface area contributed by atoms with Crippen molar-refractivity contribution in [3.63, 3.8) is 0 Å². The fourth-order valence-electron chi connectivity index (χ4n) is 2.33.